The van der Waals surface area contributed by atoms with Crippen LogP contribution in [0.15, 0.2) is 72.9 Å². The molecule has 0 saturated carbocycles. The van der Waals surface area contributed by atoms with E-state index in [4.69, 9.17) is 0 Å². The van der Waals surface area contributed by atoms with E-state index < -0.39 is 0 Å². The van der Waals surface area contributed by atoms with Gasteiger partial charge in [0.25, 0.3) is 0 Å². The van der Waals surface area contributed by atoms with Crippen molar-refractivity contribution in [2.75, 3.05) is 0 Å². The molecule has 96 valence electrons. The standard InChI is InChI=1S/C18H13NO/c20-13-14-10-11-19-18(12-14)17-8-6-16(7-9-17)15-4-2-1-3-5-15/h1-13H. The molecular formula is C18H13NO. The lowest BCUT2D eigenvalue weighted by Crippen LogP contribution is -1.87. The van der Waals surface area contributed by atoms with E-state index in [2.05, 4.69) is 29.2 Å². The Morgan fingerprint density at radius 2 is 1.40 bits per heavy atom. The molecule has 20 heavy (non-hydrogen) atoms. The van der Waals surface area contributed by atoms with E-state index in [0.29, 0.717) is 5.56 Å². The topological polar surface area (TPSA) is 30.0 Å². The van der Waals surface area contributed by atoms with Crippen LogP contribution in [0, 0.1) is 0 Å². The third kappa shape index (κ3) is 2.50. The molecule has 0 bridgehead atoms. The number of pyridine rings is 1. The summed E-state index contributed by atoms with van der Waals surface area (Å²) < 4.78 is 0. The molecule has 0 spiro atoms. The van der Waals surface area contributed by atoms with Crippen LogP contribution >= 0.6 is 0 Å². The van der Waals surface area contributed by atoms with Gasteiger partial charge in [0, 0.05) is 17.3 Å². The Hall–Kier alpha value is -2.74. The van der Waals surface area contributed by atoms with Gasteiger partial charge in [-0.3, -0.25) is 9.78 Å². The zero-order chi connectivity index (χ0) is 13.8. The summed E-state index contributed by atoms with van der Waals surface area (Å²) in [6.45, 7) is 0. The average molecular weight is 259 g/mol. The first-order valence-electron chi connectivity index (χ1n) is 6.44. The minimum absolute atomic E-state index is 0.641. The molecule has 0 atom stereocenters. The maximum Gasteiger partial charge on any atom is 0.150 e. The first-order chi connectivity index (χ1) is 9.86. The highest BCUT2D eigenvalue weighted by Gasteiger charge is 2.02. The SMILES string of the molecule is O=Cc1ccnc(-c2ccc(-c3ccccc3)cc2)c1. The van der Waals surface area contributed by atoms with Gasteiger partial charge in [0.05, 0.1) is 5.69 Å². The predicted molar refractivity (Wildman–Crippen MR) is 80.5 cm³/mol. The first kappa shape index (κ1) is 12.3. The molecule has 0 radical (unpaired) electrons. The summed E-state index contributed by atoms with van der Waals surface area (Å²) >= 11 is 0. The second-order valence-corrected chi connectivity index (χ2v) is 4.54. The summed E-state index contributed by atoms with van der Waals surface area (Å²) in [6, 6.07) is 21.9. The van der Waals surface area contributed by atoms with Crippen LogP contribution in [0.3, 0.4) is 0 Å². The van der Waals surface area contributed by atoms with Crippen molar-refractivity contribution in [2.45, 2.75) is 0 Å². The summed E-state index contributed by atoms with van der Waals surface area (Å²) in [4.78, 5) is 15.1. The number of carbonyl (C=O) groups is 1. The molecule has 0 aliphatic heterocycles. The Labute approximate surface area is 117 Å². The van der Waals surface area contributed by atoms with Crippen LogP contribution in [0.4, 0.5) is 0 Å². The van der Waals surface area contributed by atoms with E-state index in [1.165, 1.54) is 11.1 Å². The van der Waals surface area contributed by atoms with Gasteiger partial charge in [-0.25, -0.2) is 0 Å². The molecule has 0 aliphatic carbocycles. The summed E-state index contributed by atoms with van der Waals surface area (Å²) in [5, 5.41) is 0. The van der Waals surface area contributed by atoms with Gasteiger partial charge in [0.1, 0.15) is 6.29 Å². The van der Waals surface area contributed by atoms with Crippen molar-refractivity contribution in [3.05, 3.63) is 78.5 Å². The lowest BCUT2D eigenvalue weighted by atomic mass is 10.0. The Morgan fingerprint density at radius 3 is 2.10 bits per heavy atom. The predicted octanol–water partition coefficient (Wildman–Crippen LogP) is 4.23. The molecule has 2 aromatic carbocycles. The van der Waals surface area contributed by atoms with Gasteiger partial charge in [-0.05, 0) is 23.3 Å². The molecule has 0 N–H and O–H groups in total. The first-order valence-corrected chi connectivity index (χ1v) is 6.44. The van der Waals surface area contributed by atoms with Gasteiger partial charge in [0.2, 0.25) is 0 Å². The number of carbonyl (C=O) groups excluding carboxylic acids is 1. The van der Waals surface area contributed by atoms with Crippen molar-refractivity contribution in [3.63, 3.8) is 0 Å². The van der Waals surface area contributed by atoms with E-state index in [1.54, 1.807) is 18.3 Å². The summed E-state index contributed by atoms with van der Waals surface area (Å²) in [6.07, 6.45) is 2.49. The molecule has 1 aromatic heterocycles. The number of aldehydes is 1. The molecule has 3 aromatic rings. The Morgan fingerprint density at radius 1 is 0.750 bits per heavy atom. The number of hydrogen-bond acceptors (Lipinski definition) is 2. The van der Waals surface area contributed by atoms with Gasteiger partial charge >= 0.3 is 0 Å². The Bertz CT molecular complexity index is 718. The van der Waals surface area contributed by atoms with Crippen molar-refractivity contribution >= 4 is 6.29 Å². The lowest BCUT2D eigenvalue weighted by molar-refractivity contribution is 0.112. The van der Waals surface area contributed by atoms with Crippen molar-refractivity contribution in [2.24, 2.45) is 0 Å². The van der Waals surface area contributed by atoms with Gasteiger partial charge < -0.3 is 0 Å². The van der Waals surface area contributed by atoms with Crippen LogP contribution in [-0.4, -0.2) is 11.3 Å². The maximum absolute atomic E-state index is 10.8. The van der Waals surface area contributed by atoms with E-state index in [-0.39, 0.29) is 0 Å². The fourth-order valence-corrected chi connectivity index (χ4v) is 2.14. The number of benzene rings is 2. The highest BCUT2D eigenvalue weighted by molar-refractivity contribution is 5.78. The largest absolute Gasteiger partial charge is 0.298 e. The summed E-state index contributed by atoms with van der Waals surface area (Å²) in [5.74, 6) is 0. The molecule has 0 unspecified atom stereocenters. The molecule has 0 amide bonds. The molecule has 3 rings (SSSR count). The molecule has 0 aliphatic rings. The molecule has 2 nitrogen and oxygen atoms in total. The van der Waals surface area contributed by atoms with Crippen molar-refractivity contribution in [1.29, 1.82) is 0 Å². The molecule has 0 fully saturated rings. The minimum atomic E-state index is 0.641. The molecular weight excluding hydrogens is 246 g/mol. The third-order valence-corrected chi connectivity index (χ3v) is 3.21. The van der Waals surface area contributed by atoms with Crippen molar-refractivity contribution in [1.82, 2.24) is 4.98 Å². The van der Waals surface area contributed by atoms with Crippen molar-refractivity contribution in [3.8, 4) is 22.4 Å². The number of aromatic nitrogens is 1. The molecule has 0 saturated heterocycles. The third-order valence-electron chi connectivity index (χ3n) is 3.21. The Kier molecular flexibility index (Phi) is 3.38. The lowest BCUT2D eigenvalue weighted by Gasteiger charge is -2.04. The highest BCUT2D eigenvalue weighted by Crippen LogP contribution is 2.23. The van der Waals surface area contributed by atoms with Gasteiger partial charge in [-0.15, -0.1) is 0 Å². The number of nitrogens with zero attached hydrogens (tertiary/aromatic N) is 1. The van der Waals surface area contributed by atoms with Crippen LogP contribution in [0.25, 0.3) is 22.4 Å². The van der Waals surface area contributed by atoms with Crippen LogP contribution < -0.4 is 0 Å². The molecule has 2 heteroatoms. The smallest absolute Gasteiger partial charge is 0.150 e. The van der Waals surface area contributed by atoms with E-state index in [0.717, 1.165) is 17.5 Å². The van der Waals surface area contributed by atoms with Gasteiger partial charge in [-0.2, -0.15) is 0 Å². The number of rotatable bonds is 3. The average Bonchev–Trinajstić information content (AvgIpc) is 2.56. The minimum Gasteiger partial charge on any atom is -0.298 e. The van der Waals surface area contributed by atoms with Gasteiger partial charge in [0.15, 0.2) is 0 Å². The fourth-order valence-electron chi connectivity index (χ4n) is 2.14. The van der Waals surface area contributed by atoms with E-state index >= 15 is 0 Å². The second kappa shape index (κ2) is 5.49. The maximum atomic E-state index is 10.8. The highest BCUT2D eigenvalue weighted by atomic mass is 16.1. The van der Waals surface area contributed by atoms with Crippen molar-refractivity contribution < 1.29 is 4.79 Å². The van der Waals surface area contributed by atoms with Crippen LogP contribution in [0.1, 0.15) is 10.4 Å². The zero-order valence-electron chi connectivity index (χ0n) is 10.9. The van der Waals surface area contributed by atoms with E-state index in [1.807, 2.05) is 30.3 Å². The van der Waals surface area contributed by atoms with Crippen LogP contribution in [0.2, 0.25) is 0 Å². The van der Waals surface area contributed by atoms with Crippen LogP contribution in [0.5, 0.6) is 0 Å². The second-order valence-electron chi connectivity index (χ2n) is 4.54. The normalized spacial score (nSPS) is 10.2. The fraction of sp³-hybridized carbons (Fsp3) is 0. The summed E-state index contributed by atoms with van der Waals surface area (Å²) in [7, 11) is 0. The monoisotopic (exact) mass is 259 g/mol. The van der Waals surface area contributed by atoms with Gasteiger partial charge in [-0.1, -0.05) is 54.6 Å². The molecule has 1 heterocycles. The Balaban J connectivity index is 1.95. The van der Waals surface area contributed by atoms with Crippen LogP contribution in [-0.2, 0) is 0 Å². The summed E-state index contributed by atoms with van der Waals surface area (Å²) in [5.41, 5.74) is 4.82. The quantitative estimate of drug-likeness (QED) is 0.659. The van der Waals surface area contributed by atoms with E-state index in [9.17, 15) is 4.79 Å². The zero-order valence-corrected chi connectivity index (χ0v) is 10.9. The number of hydrogen-bond donors (Lipinski definition) is 0.